The Kier molecular flexibility index (Phi) is 4.96. The maximum atomic E-state index is 12.4. The van der Waals surface area contributed by atoms with Crippen molar-refractivity contribution in [3.63, 3.8) is 0 Å². The van der Waals surface area contributed by atoms with E-state index in [9.17, 15) is 9.59 Å². The van der Waals surface area contributed by atoms with Gasteiger partial charge in [-0.1, -0.05) is 18.6 Å². The van der Waals surface area contributed by atoms with Crippen LogP contribution in [0.4, 0.5) is 5.69 Å². The molecule has 1 aliphatic carbocycles. The van der Waals surface area contributed by atoms with Crippen molar-refractivity contribution in [3.8, 4) is 0 Å². The van der Waals surface area contributed by atoms with Crippen molar-refractivity contribution in [1.82, 2.24) is 4.90 Å². The lowest BCUT2D eigenvalue weighted by Crippen LogP contribution is -2.29. The first-order valence-electron chi connectivity index (χ1n) is 8.55. The van der Waals surface area contributed by atoms with E-state index in [4.69, 9.17) is 5.73 Å². The molecule has 124 valence electrons. The molecule has 3 N–H and O–H groups in total. The molecule has 2 atom stereocenters. The summed E-state index contributed by atoms with van der Waals surface area (Å²) in [7, 11) is 0. The zero-order valence-corrected chi connectivity index (χ0v) is 13.5. The van der Waals surface area contributed by atoms with E-state index >= 15 is 0 Å². The molecule has 2 amide bonds. The molecule has 2 aliphatic rings. The van der Waals surface area contributed by atoms with E-state index in [2.05, 4.69) is 5.32 Å². The van der Waals surface area contributed by atoms with E-state index in [-0.39, 0.29) is 17.7 Å². The van der Waals surface area contributed by atoms with Crippen LogP contribution in [-0.2, 0) is 16.1 Å². The molecule has 0 aromatic heterocycles. The number of nitrogens with two attached hydrogens (primary N) is 1. The average Bonchev–Trinajstić information content (AvgIpc) is 3.18. The van der Waals surface area contributed by atoms with Crippen LogP contribution in [0.3, 0.4) is 0 Å². The number of benzene rings is 1. The van der Waals surface area contributed by atoms with Gasteiger partial charge in [-0.2, -0.15) is 0 Å². The molecule has 0 spiro atoms. The molecular weight excluding hydrogens is 290 g/mol. The van der Waals surface area contributed by atoms with Gasteiger partial charge in [0.25, 0.3) is 0 Å². The lowest BCUT2D eigenvalue weighted by molar-refractivity contribution is -0.128. The van der Waals surface area contributed by atoms with E-state index < -0.39 is 0 Å². The summed E-state index contributed by atoms with van der Waals surface area (Å²) in [4.78, 5) is 25.9. The quantitative estimate of drug-likeness (QED) is 0.874. The fourth-order valence-corrected chi connectivity index (χ4v) is 3.68. The predicted octanol–water partition coefficient (Wildman–Crippen LogP) is 2.12. The van der Waals surface area contributed by atoms with Crippen molar-refractivity contribution in [2.45, 2.75) is 38.6 Å². The van der Waals surface area contributed by atoms with Crippen LogP contribution in [-0.4, -0.2) is 29.8 Å². The van der Waals surface area contributed by atoms with Crippen LogP contribution in [0, 0.1) is 11.8 Å². The van der Waals surface area contributed by atoms with Gasteiger partial charge in [0.15, 0.2) is 0 Å². The van der Waals surface area contributed by atoms with E-state index in [1.54, 1.807) is 0 Å². The highest BCUT2D eigenvalue weighted by Gasteiger charge is 2.31. The molecule has 1 aliphatic heterocycles. The molecule has 5 heteroatoms. The van der Waals surface area contributed by atoms with Gasteiger partial charge in [0.1, 0.15) is 0 Å². The molecule has 0 unspecified atom stereocenters. The Morgan fingerprint density at radius 3 is 2.65 bits per heavy atom. The van der Waals surface area contributed by atoms with Crippen LogP contribution in [0.5, 0.6) is 0 Å². The van der Waals surface area contributed by atoms with Crippen molar-refractivity contribution in [2.24, 2.45) is 17.6 Å². The largest absolute Gasteiger partial charge is 0.338 e. The minimum Gasteiger partial charge on any atom is -0.338 e. The molecule has 1 aromatic carbocycles. The second kappa shape index (κ2) is 7.13. The van der Waals surface area contributed by atoms with Gasteiger partial charge in [0, 0.05) is 31.1 Å². The van der Waals surface area contributed by atoms with Gasteiger partial charge in [-0.15, -0.1) is 0 Å². The predicted molar refractivity (Wildman–Crippen MR) is 89.6 cm³/mol. The normalized spacial score (nSPS) is 24.2. The Morgan fingerprint density at radius 2 is 2.00 bits per heavy atom. The van der Waals surface area contributed by atoms with Crippen molar-refractivity contribution in [1.29, 1.82) is 0 Å². The van der Waals surface area contributed by atoms with Gasteiger partial charge in [-0.3, -0.25) is 9.59 Å². The number of nitrogens with zero attached hydrogens (tertiary/aromatic N) is 1. The number of hydrogen-bond acceptors (Lipinski definition) is 3. The van der Waals surface area contributed by atoms with E-state index in [0.717, 1.165) is 43.5 Å². The molecule has 0 bridgehead atoms. The minimum absolute atomic E-state index is 0.0434. The number of amides is 2. The summed E-state index contributed by atoms with van der Waals surface area (Å²) in [5.74, 6) is 0.675. The van der Waals surface area contributed by atoms with Crippen LogP contribution >= 0.6 is 0 Å². The average molecular weight is 315 g/mol. The highest BCUT2D eigenvalue weighted by Crippen LogP contribution is 2.31. The Labute approximate surface area is 137 Å². The summed E-state index contributed by atoms with van der Waals surface area (Å²) < 4.78 is 0. The number of nitrogens with one attached hydrogen (secondary N) is 1. The smallest absolute Gasteiger partial charge is 0.227 e. The fourth-order valence-electron chi connectivity index (χ4n) is 3.68. The molecule has 1 heterocycles. The van der Waals surface area contributed by atoms with E-state index in [1.807, 2.05) is 29.2 Å². The Balaban J connectivity index is 1.57. The summed E-state index contributed by atoms with van der Waals surface area (Å²) >= 11 is 0. The number of carbonyl (C=O) groups is 2. The van der Waals surface area contributed by atoms with Gasteiger partial charge in [0.05, 0.1) is 0 Å². The zero-order valence-electron chi connectivity index (χ0n) is 13.5. The van der Waals surface area contributed by atoms with Crippen LogP contribution < -0.4 is 11.1 Å². The first-order valence-corrected chi connectivity index (χ1v) is 8.55. The molecule has 1 aromatic rings. The highest BCUT2D eigenvalue weighted by molar-refractivity contribution is 5.93. The van der Waals surface area contributed by atoms with E-state index in [1.165, 1.54) is 0 Å². The number of rotatable bonds is 5. The van der Waals surface area contributed by atoms with Crippen molar-refractivity contribution < 1.29 is 9.59 Å². The van der Waals surface area contributed by atoms with Crippen LogP contribution in [0.15, 0.2) is 24.3 Å². The number of carbonyl (C=O) groups excluding carboxylic acids is 2. The molecule has 1 saturated heterocycles. The van der Waals surface area contributed by atoms with Crippen molar-refractivity contribution in [3.05, 3.63) is 29.8 Å². The minimum atomic E-state index is 0.0434. The van der Waals surface area contributed by atoms with Crippen LogP contribution in [0.25, 0.3) is 0 Å². The SMILES string of the molecule is NC[C@H]1CCC[C@H]1C(=O)Nc1ccc(CN2CCCC2=O)cc1. The van der Waals surface area contributed by atoms with Crippen molar-refractivity contribution in [2.75, 3.05) is 18.4 Å². The summed E-state index contributed by atoms with van der Waals surface area (Å²) in [6.07, 6.45) is 4.69. The third kappa shape index (κ3) is 3.72. The maximum absolute atomic E-state index is 12.4. The zero-order chi connectivity index (χ0) is 16.2. The standard InChI is InChI=1S/C18H25N3O2/c19-11-14-3-1-4-16(14)18(23)20-15-8-6-13(7-9-15)12-21-10-2-5-17(21)22/h6-9,14,16H,1-5,10-12,19H2,(H,20,23)/t14-,16-/m1/s1. The monoisotopic (exact) mass is 315 g/mol. The summed E-state index contributed by atoms with van der Waals surface area (Å²) in [5, 5.41) is 3.00. The fraction of sp³-hybridized carbons (Fsp3) is 0.556. The summed E-state index contributed by atoms with van der Waals surface area (Å²) in [5.41, 5.74) is 7.66. The number of likely N-dealkylation sites (tertiary alicyclic amines) is 1. The van der Waals surface area contributed by atoms with Gasteiger partial charge in [-0.05, 0) is 49.4 Å². The van der Waals surface area contributed by atoms with Crippen molar-refractivity contribution >= 4 is 17.5 Å². The van der Waals surface area contributed by atoms with Gasteiger partial charge in [0.2, 0.25) is 11.8 Å². The Hall–Kier alpha value is -1.88. The molecule has 2 fully saturated rings. The molecule has 0 radical (unpaired) electrons. The molecular formula is C18H25N3O2. The third-order valence-corrected chi connectivity index (χ3v) is 5.06. The molecule has 5 nitrogen and oxygen atoms in total. The second-order valence-corrected chi connectivity index (χ2v) is 6.64. The topological polar surface area (TPSA) is 75.4 Å². The van der Waals surface area contributed by atoms with Gasteiger partial charge in [-0.25, -0.2) is 0 Å². The van der Waals surface area contributed by atoms with E-state index in [0.29, 0.717) is 25.4 Å². The van der Waals surface area contributed by atoms with Gasteiger partial charge >= 0.3 is 0 Å². The lowest BCUT2D eigenvalue weighted by Gasteiger charge is -2.18. The highest BCUT2D eigenvalue weighted by atomic mass is 16.2. The third-order valence-electron chi connectivity index (χ3n) is 5.06. The number of hydrogen-bond donors (Lipinski definition) is 2. The summed E-state index contributed by atoms with van der Waals surface area (Å²) in [6.45, 7) is 2.09. The molecule has 23 heavy (non-hydrogen) atoms. The molecule has 1 saturated carbocycles. The first-order chi connectivity index (χ1) is 11.2. The van der Waals surface area contributed by atoms with Crippen LogP contribution in [0.1, 0.15) is 37.7 Å². The Morgan fingerprint density at radius 1 is 1.22 bits per heavy atom. The summed E-state index contributed by atoms with van der Waals surface area (Å²) in [6, 6.07) is 7.80. The first kappa shape index (κ1) is 16.0. The lowest BCUT2D eigenvalue weighted by atomic mass is 9.95. The maximum Gasteiger partial charge on any atom is 0.227 e. The molecule has 3 rings (SSSR count). The number of anilines is 1. The van der Waals surface area contributed by atoms with Gasteiger partial charge < -0.3 is 16.0 Å². The second-order valence-electron chi connectivity index (χ2n) is 6.64. The Bertz CT molecular complexity index is 570. The van der Waals surface area contributed by atoms with Crippen LogP contribution in [0.2, 0.25) is 0 Å².